The molecule has 0 aromatic carbocycles. The number of aromatic nitrogens is 4. The standard InChI is InChI=1S/C17H23N5OS/c1-17(2)7-6-12-14(9-17)24-16(18-12)19-15(23)10-4-5-11-13(8-10)22(3)21-20-11/h10H,4-9H2,1-3H3,(H,18,19,23). The number of aryl methyl sites for hydroxylation is 3. The summed E-state index contributed by atoms with van der Waals surface area (Å²) in [4.78, 5) is 18.7. The second-order valence-electron chi connectivity index (χ2n) is 7.77. The first kappa shape index (κ1) is 15.7. The molecule has 2 aromatic rings. The fourth-order valence-electron chi connectivity index (χ4n) is 3.69. The maximum absolute atomic E-state index is 12.7. The molecule has 0 fully saturated rings. The Labute approximate surface area is 145 Å². The number of fused-ring (bicyclic) bond motifs is 2. The summed E-state index contributed by atoms with van der Waals surface area (Å²) in [5.41, 5.74) is 3.64. The predicted octanol–water partition coefficient (Wildman–Crippen LogP) is 2.53. The van der Waals surface area contributed by atoms with Gasteiger partial charge in [0.2, 0.25) is 5.91 Å². The number of thiazole rings is 1. The number of nitrogens with zero attached hydrogens (tertiary/aromatic N) is 4. The normalized spacial score (nSPS) is 21.9. The molecule has 6 nitrogen and oxygen atoms in total. The number of amides is 1. The molecule has 0 spiro atoms. The van der Waals surface area contributed by atoms with Gasteiger partial charge < -0.3 is 5.32 Å². The third-order valence-electron chi connectivity index (χ3n) is 5.25. The van der Waals surface area contributed by atoms with Gasteiger partial charge in [0.1, 0.15) is 0 Å². The van der Waals surface area contributed by atoms with Crippen LogP contribution in [0.25, 0.3) is 0 Å². The molecule has 1 N–H and O–H groups in total. The summed E-state index contributed by atoms with van der Waals surface area (Å²) in [5.74, 6) is 0.0549. The first-order valence-corrected chi connectivity index (χ1v) is 9.40. The summed E-state index contributed by atoms with van der Waals surface area (Å²) in [6.07, 6.45) is 5.60. The van der Waals surface area contributed by atoms with Gasteiger partial charge in [-0.1, -0.05) is 19.1 Å². The molecule has 0 saturated heterocycles. The second-order valence-corrected chi connectivity index (χ2v) is 8.85. The van der Waals surface area contributed by atoms with Crippen molar-refractivity contribution in [1.82, 2.24) is 20.0 Å². The van der Waals surface area contributed by atoms with Crippen LogP contribution in [0, 0.1) is 11.3 Å². The van der Waals surface area contributed by atoms with E-state index in [0.29, 0.717) is 11.8 Å². The van der Waals surface area contributed by atoms with E-state index in [1.165, 1.54) is 10.6 Å². The molecular weight excluding hydrogens is 322 g/mol. The number of carbonyl (C=O) groups is 1. The van der Waals surface area contributed by atoms with Crippen molar-refractivity contribution in [3.05, 3.63) is 22.0 Å². The van der Waals surface area contributed by atoms with Crippen LogP contribution in [0.4, 0.5) is 5.13 Å². The molecule has 1 amide bonds. The van der Waals surface area contributed by atoms with Crippen LogP contribution in [-0.4, -0.2) is 25.9 Å². The Balaban J connectivity index is 1.46. The first-order valence-electron chi connectivity index (χ1n) is 8.58. The van der Waals surface area contributed by atoms with Gasteiger partial charge in [-0.15, -0.1) is 16.4 Å². The fourth-order valence-corrected chi connectivity index (χ4v) is 4.96. The highest BCUT2D eigenvalue weighted by molar-refractivity contribution is 7.15. The van der Waals surface area contributed by atoms with Gasteiger partial charge in [-0.05, 0) is 37.5 Å². The summed E-state index contributed by atoms with van der Waals surface area (Å²) in [5, 5.41) is 12.0. The molecule has 2 aliphatic rings. The van der Waals surface area contributed by atoms with Gasteiger partial charge in [-0.3, -0.25) is 9.48 Å². The SMILES string of the molecule is Cn1nnc2c1CC(C(=O)Nc1nc3c(s1)CC(C)(C)CC3)CC2. The summed E-state index contributed by atoms with van der Waals surface area (Å²) in [6.45, 7) is 4.60. The van der Waals surface area contributed by atoms with E-state index in [-0.39, 0.29) is 11.8 Å². The number of rotatable bonds is 2. The van der Waals surface area contributed by atoms with Crippen LogP contribution in [0.5, 0.6) is 0 Å². The number of nitrogens with one attached hydrogen (secondary N) is 1. The van der Waals surface area contributed by atoms with Gasteiger partial charge in [0, 0.05) is 24.3 Å². The molecule has 7 heteroatoms. The number of carbonyl (C=O) groups excluding carboxylic acids is 1. The zero-order chi connectivity index (χ0) is 16.9. The third kappa shape index (κ3) is 2.85. The van der Waals surface area contributed by atoms with E-state index >= 15 is 0 Å². The van der Waals surface area contributed by atoms with E-state index in [2.05, 4.69) is 34.5 Å². The van der Waals surface area contributed by atoms with E-state index in [1.54, 1.807) is 16.0 Å². The number of hydrogen-bond donors (Lipinski definition) is 1. The number of anilines is 1. The Morgan fingerprint density at radius 2 is 2.17 bits per heavy atom. The molecule has 0 saturated carbocycles. The zero-order valence-corrected chi connectivity index (χ0v) is 15.2. The van der Waals surface area contributed by atoms with Gasteiger partial charge in [-0.25, -0.2) is 4.98 Å². The maximum atomic E-state index is 12.7. The average molecular weight is 345 g/mol. The molecule has 128 valence electrons. The summed E-state index contributed by atoms with van der Waals surface area (Å²) in [6, 6.07) is 0. The molecule has 4 rings (SSSR count). The van der Waals surface area contributed by atoms with Crippen LogP contribution in [0.3, 0.4) is 0 Å². The highest BCUT2D eigenvalue weighted by atomic mass is 32.1. The minimum absolute atomic E-state index is 0.0212. The van der Waals surface area contributed by atoms with Crippen LogP contribution in [-0.2, 0) is 37.5 Å². The molecule has 2 aliphatic carbocycles. The van der Waals surface area contributed by atoms with Crippen molar-refractivity contribution >= 4 is 22.4 Å². The second kappa shape index (κ2) is 5.65. The molecule has 1 atom stereocenters. The monoisotopic (exact) mass is 345 g/mol. The van der Waals surface area contributed by atoms with E-state index in [0.717, 1.165) is 48.6 Å². The molecule has 0 radical (unpaired) electrons. The van der Waals surface area contributed by atoms with Crippen LogP contribution >= 0.6 is 11.3 Å². The Kier molecular flexibility index (Phi) is 3.71. The lowest BCUT2D eigenvalue weighted by molar-refractivity contribution is -0.120. The highest BCUT2D eigenvalue weighted by Crippen LogP contribution is 2.38. The fraction of sp³-hybridized carbons (Fsp3) is 0.647. The van der Waals surface area contributed by atoms with Crippen molar-refractivity contribution < 1.29 is 4.79 Å². The Morgan fingerprint density at radius 3 is 3.00 bits per heavy atom. The van der Waals surface area contributed by atoms with Crippen molar-refractivity contribution in [2.24, 2.45) is 18.4 Å². The summed E-state index contributed by atoms with van der Waals surface area (Å²) in [7, 11) is 1.89. The van der Waals surface area contributed by atoms with Crippen molar-refractivity contribution in [2.45, 2.75) is 52.4 Å². The van der Waals surface area contributed by atoms with Gasteiger partial charge in [0.15, 0.2) is 5.13 Å². The molecule has 2 aromatic heterocycles. The van der Waals surface area contributed by atoms with Gasteiger partial charge in [0.05, 0.1) is 17.1 Å². The molecular formula is C17H23N5OS. The topological polar surface area (TPSA) is 72.7 Å². The van der Waals surface area contributed by atoms with Crippen molar-refractivity contribution in [2.75, 3.05) is 5.32 Å². The van der Waals surface area contributed by atoms with Crippen LogP contribution in [0.1, 0.15) is 48.6 Å². The molecule has 1 unspecified atom stereocenters. The largest absolute Gasteiger partial charge is 0.302 e. The quantitative estimate of drug-likeness (QED) is 0.908. The Bertz CT molecular complexity index is 791. The van der Waals surface area contributed by atoms with Crippen LogP contribution in [0.15, 0.2) is 0 Å². The van der Waals surface area contributed by atoms with Crippen LogP contribution < -0.4 is 5.32 Å². The van der Waals surface area contributed by atoms with Gasteiger partial charge in [0.25, 0.3) is 0 Å². The van der Waals surface area contributed by atoms with Crippen LogP contribution in [0.2, 0.25) is 0 Å². The smallest absolute Gasteiger partial charge is 0.229 e. The van der Waals surface area contributed by atoms with E-state index in [4.69, 9.17) is 0 Å². The van der Waals surface area contributed by atoms with Crippen molar-refractivity contribution in [3.8, 4) is 0 Å². The highest BCUT2D eigenvalue weighted by Gasteiger charge is 2.31. The summed E-state index contributed by atoms with van der Waals surface area (Å²) < 4.78 is 1.79. The Hall–Kier alpha value is -1.76. The third-order valence-corrected chi connectivity index (χ3v) is 6.26. The van der Waals surface area contributed by atoms with Crippen molar-refractivity contribution in [3.63, 3.8) is 0 Å². The summed E-state index contributed by atoms with van der Waals surface area (Å²) >= 11 is 1.65. The average Bonchev–Trinajstić information content (AvgIpc) is 3.09. The predicted molar refractivity (Wildman–Crippen MR) is 93.1 cm³/mol. The first-order chi connectivity index (χ1) is 11.4. The zero-order valence-electron chi connectivity index (χ0n) is 14.4. The lowest BCUT2D eigenvalue weighted by atomic mass is 9.79. The van der Waals surface area contributed by atoms with E-state index < -0.39 is 0 Å². The van der Waals surface area contributed by atoms with E-state index in [1.807, 2.05) is 7.05 Å². The molecule has 0 bridgehead atoms. The van der Waals surface area contributed by atoms with Crippen molar-refractivity contribution in [1.29, 1.82) is 0 Å². The van der Waals surface area contributed by atoms with E-state index in [9.17, 15) is 4.79 Å². The van der Waals surface area contributed by atoms with Gasteiger partial charge >= 0.3 is 0 Å². The minimum atomic E-state index is -0.0212. The molecule has 2 heterocycles. The Morgan fingerprint density at radius 1 is 1.33 bits per heavy atom. The van der Waals surface area contributed by atoms with Gasteiger partial charge in [-0.2, -0.15) is 0 Å². The molecule has 0 aliphatic heterocycles. The minimum Gasteiger partial charge on any atom is -0.302 e. The number of hydrogen-bond acceptors (Lipinski definition) is 5. The maximum Gasteiger partial charge on any atom is 0.229 e. The lowest BCUT2D eigenvalue weighted by Crippen LogP contribution is -2.29. The lowest BCUT2D eigenvalue weighted by Gasteiger charge is -2.28. The molecule has 24 heavy (non-hydrogen) atoms.